The third-order valence-corrected chi connectivity index (χ3v) is 10.8. The molecule has 12 aromatic rings. The Bertz CT molecular complexity index is 3430. The molecule has 8 aromatic carbocycles. The van der Waals surface area contributed by atoms with Gasteiger partial charge >= 0.3 is 0 Å². The molecule has 4 aromatic heterocycles. The van der Waals surface area contributed by atoms with Crippen molar-refractivity contribution >= 4 is 76.5 Å². The molecule has 4 heterocycles. The maximum atomic E-state index is 6.80. The van der Waals surface area contributed by atoms with Gasteiger partial charge in [0.15, 0.2) is 17.5 Å². The van der Waals surface area contributed by atoms with Crippen molar-refractivity contribution in [1.29, 1.82) is 0 Å². The quantitative estimate of drug-likeness (QED) is 0.182. The van der Waals surface area contributed by atoms with Gasteiger partial charge in [0.05, 0.1) is 16.4 Å². The molecule has 6 nitrogen and oxygen atoms in total. The van der Waals surface area contributed by atoms with Crippen molar-refractivity contribution < 1.29 is 8.83 Å². The normalized spacial score (nSPS) is 12.0. The van der Waals surface area contributed by atoms with Gasteiger partial charge in [0.25, 0.3) is 0 Å². The predicted molar refractivity (Wildman–Crippen MR) is 223 cm³/mol. The van der Waals surface area contributed by atoms with E-state index in [1.807, 2.05) is 72.8 Å². The summed E-state index contributed by atoms with van der Waals surface area (Å²) in [6.07, 6.45) is 0. The van der Waals surface area contributed by atoms with E-state index in [0.29, 0.717) is 17.5 Å². The first-order chi connectivity index (χ1) is 27.3. The number of furan rings is 2. The molecule has 0 spiro atoms. The SMILES string of the molecule is c1ccc(-c2nc(-c3ccccc3)nc(-c3cc4ccccc4c4oc5ccc(-n6c7ccccc7c7c8oc9ccccc9c8ccc76)cc5c34)n2)cc1. The number of fused-ring (bicyclic) bond motifs is 12. The van der Waals surface area contributed by atoms with E-state index in [0.717, 1.165) is 98.8 Å². The van der Waals surface area contributed by atoms with E-state index in [1.165, 1.54) is 0 Å². The van der Waals surface area contributed by atoms with Gasteiger partial charge in [-0.05, 0) is 53.9 Å². The number of para-hydroxylation sites is 2. The van der Waals surface area contributed by atoms with Crippen LogP contribution in [-0.4, -0.2) is 19.5 Å². The molecule has 0 amide bonds. The van der Waals surface area contributed by atoms with Gasteiger partial charge in [0.1, 0.15) is 22.3 Å². The number of nitrogens with zero attached hydrogens (tertiary/aromatic N) is 4. The number of benzene rings is 8. The van der Waals surface area contributed by atoms with Gasteiger partial charge in [0, 0.05) is 54.7 Å². The van der Waals surface area contributed by atoms with E-state index in [2.05, 4.69) is 102 Å². The molecule has 0 unspecified atom stereocenters. The number of hydrogen-bond donors (Lipinski definition) is 0. The van der Waals surface area contributed by atoms with Crippen molar-refractivity contribution in [3.05, 3.63) is 170 Å². The van der Waals surface area contributed by atoms with E-state index >= 15 is 0 Å². The van der Waals surface area contributed by atoms with Crippen molar-refractivity contribution in [1.82, 2.24) is 19.5 Å². The molecule has 0 saturated heterocycles. The fourth-order valence-corrected chi connectivity index (χ4v) is 8.36. The fourth-order valence-electron chi connectivity index (χ4n) is 8.36. The molecule has 0 aliphatic heterocycles. The molecule has 0 bridgehead atoms. The molecule has 0 fully saturated rings. The zero-order valence-electron chi connectivity index (χ0n) is 29.3. The Hall–Kier alpha value is -7.57. The van der Waals surface area contributed by atoms with Crippen LogP contribution >= 0.6 is 0 Å². The average Bonchev–Trinajstić information content (AvgIpc) is 3.93. The second-order valence-corrected chi connectivity index (χ2v) is 14.0. The highest BCUT2D eigenvalue weighted by atomic mass is 16.3. The van der Waals surface area contributed by atoms with Crippen LogP contribution in [0.1, 0.15) is 0 Å². The Morgan fingerprint density at radius 3 is 1.75 bits per heavy atom. The summed E-state index contributed by atoms with van der Waals surface area (Å²) in [5.41, 5.74) is 9.28. The van der Waals surface area contributed by atoms with E-state index in [-0.39, 0.29) is 0 Å². The highest BCUT2D eigenvalue weighted by molar-refractivity contribution is 6.24. The van der Waals surface area contributed by atoms with Gasteiger partial charge in [0.2, 0.25) is 0 Å². The Morgan fingerprint density at radius 2 is 0.982 bits per heavy atom. The van der Waals surface area contributed by atoms with Crippen molar-refractivity contribution in [2.75, 3.05) is 0 Å². The predicted octanol–water partition coefficient (Wildman–Crippen LogP) is 12.9. The maximum absolute atomic E-state index is 6.80. The molecule has 6 heteroatoms. The van der Waals surface area contributed by atoms with Crippen LogP contribution in [0, 0.1) is 0 Å². The van der Waals surface area contributed by atoms with Gasteiger partial charge in [-0.25, -0.2) is 15.0 Å². The lowest BCUT2D eigenvalue weighted by Gasteiger charge is -2.11. The molecule has 0 aliphatic rings. The highest BCUT2D eigenvalue weighted by Crippen LogP contribution is 2.44. The summed E-state index contributed by atoms with van der Waals surface area (Å²) in [7, 11) is 0. The van der Waals surface area contributed by atoms with Crippen molar-refractivity contribution in [3.8, 4) is 39.9 Å². The lowest BCUT2D eigenvalue weighted by Crippen LogP contribution is -2.00. The van der Waals surface area contributed by atoms with Gasteiger partial charge in [-0.2, -0.15) is 0 Å². The first kappa shape index (κ1) is 29.9. The third kappa shape index (κ3) is 4.46. The Balaban J connectivity index is 1.16. The summed E-state index contributed by atoms with van der Waals surface area (Å²) in [4.78, 5) is 15.3. The molecule has 55 heavy (non-hydrogen) atoms. The molecule has 0 radical (unpaired) electrons. The van der Waals surface area contributed by atoms with Crippen LogP contribution in [0.25, 0.3) is 116 Å². The van der Waals surface area contributed by atoms with E-state index < -0.39 is 0 Å². The number of aromatic nitrogens is 4. The molecule has 0 aliphatic carbocycles. The summed E-state index contributed by atoms with van der Waals surface area (Å²) in [5, 5.41) is 8.48. The zero-order chi connectivity index (χ0) is 36.0. The van der Waals surface area contributed by atoms with Crippen LogP contribution in [-0.2, 0) is 0 Å². The standard InChI is InChI=1S/C49H28N4O2/c1-3-13-29(14-4-1)47-50-48(30-15-5-2-6-16-30)52-49(51-47)38-27-31-17-7-8-18-33(31)45-43(38)37-28-32(23-26-42(37)55-45)53-39-21-11-9-20-36(39)44-40(53)25-24-35-34-19-10-12-22-41(34)54-46(35)44/h1-28H. The van der Waals surface area contributed by atoms with E-state index in [1.54, 1.807) is 0 Å². The zero-order valence-corrected chi connectivity index (χ0v) is 29.3. The van der Waals surface area contributed by atoms with Crippen LogP contribution in [0.3, 0.4) is 0 Å². The summed E-state index contributed by atoms with van der Waals surface area (Å²) < 4.78 is 15.7. The number of hydrogen-bond acceptors (Lipinski definition) is 5. The van der Waals surface area contributed by atoms with Gasteiger partial charge in [-0.15, -0.1) is 0 Å². The van der Waals surface area contributed by atoms with Crippen LogP contribution in [0.5, 0.6) is 0 Å². The first-order valence-electron chi connectivity index (χ1n) is 18.4. The smallest absolute Gasteiger partial charge is 0.164 e. The summed E-state index contributed by atoms with van der Waals surface area (Å²) >= 11 is 0. The monoisotopic (exact) mass is 704 g/mol. The van der Waals surface area contributed by atoms with Crippen molar-refractivity contribution in [3.63, 3.8) is 0 Å². The third-order valence-electron chi connectivity index (χ3n) is 10.8. The molecule has 0 atom stereocenters. The van der Waals surface area contributed by atoms with Gasteiger partial charge < -0.3 is 13.4 Å². The second-order valence-electron chi connectivity index (χ2n) is 14.0. The lowest BCUT2D eigenvalue weighted by molar-refractivity contribution is 0.672. The van der Waals surface area contributed by atoms with Crippen molar-refractivity contribution in [2.24, 2.45) is 0 Å². The largest absolute Gasteiger partial charge is 0.455 e. The summed E-state index contributed by atoms with van der Waals surface area (Å²) in [5.74, 6) is 1.81. The summed E-state index contributed by atoms with van der Waals surface area (Å²) in [6.45, 7) is 0. The van der Waals surface area contributed by atoms with Crippen molar-refractivity contribution in [2.45, 2.75) is 0 Å². The maximum Gasteiger partial charge on any atom is 0.164 e. The number of rotatable bonds is 4. The minimum atomic E-state index is 0.584. The van der Waals surface area contributed by atoms with Crippen LogP contribution in [0.4, 0.5) is 0 Å². The molecular formula is C49H28N4O2. The lowest BCUT2D eigenvalue weighted by atomic mass is 9.99. The Morgan fingerprint density at radius 1 is 0.382 bits per heavy atom. The van der Waals surface area contributed by atoms with E-state index in [4.69, 9.17) is 23.8 Å². The van der Waals surface area contributed by atoms with Crippen LogP contribution < -0.4 is 0 Å². The molecule has 12 rings (SSSR count). The van der Waals surface area contributed by atoms with Gasteiger partial charge in [-0.1, -0.05) is 121 Å². The average molecular weight is 705 g/mol. The Kier molecular flexibility index (Phi) is 6.24. The molecule has 0 saturated carbocycles. The van der Waals surface area contributed by atoms with E-state index in [9.17, 15) is 0 Å². The molecule has 256 valence electrons. The molecular weight excluding hydrogens is 677 g/mol. The fraction of sp³-hybridized carbons (Fsp3) is 0. The van der Waals surface area contributed by atoms with Crippen LogP contribution in [0.15, 0.2) is 179 Å². The minimum Gasteiger partial charge on any atom is -0.455 e. The second kappa shape index (κ2) is 11.5. The first-order valence-corrected chi connectivity index (χ1v) is 18.4. The minimum absolute atomic E-state index is 0.584. The topological polar surface area (TPSA) is 69.9 Å². The van der Waals surface area contributed by atoms with Crippen LogP contribution in [0.2, 0.25) is 0 Å². The summed E-state index contributed by atoms with van der Waals surface area (Å²) in [6, 6.07) is 58.4. The highest BCUT2D eigenvalue weighted by Gasteiger charge is 2.23. The van der Waals surface area contributed by atoms with Gasteiger partial charge in [-0.3, -0.25) is 0 Å². The molecule has 0 N–H and O–H groups in total. The Labute approximate surface area is 313 Å².